The fourth-order valence-electron chi connectivity index (χ4n) is 1.86. The lowest BCUT2D eigenvalue weighted by Gasteiger charge is -2.22. The van der Waals surface area contributed by atoms with Gasteiger partial charge in [0.25, 0.3) is 0 Å². The summed E-state index contributed by atoms with van der Waals surface area (Å²) >= 11 is 0. The van der Waals surface area contributed by atoms with Crippen LogP contribution in [0.2, 0.25) is 0 Å². The standard InChI is InChI=1S/C14H21N3O2/c1-14(2,3)19-13(18)17-16-12(10-7-8-10)11-6-4-5-9-15-11/h4-6,9-10,12,16H,7-8H2,1-3H3,(H,17,18). The summed E-state index contributed by atoms with van der Waals surface area (Å²) in [5.74, 6) is 0.532. The number of nitrogens with one attached hydrogen (secondary N) is 2. The summed E-state index contributed by atoms with van der Waals surface area (Å²) in [6.07, 6.45) is 3.61. The Balaban J connectivity index is 1.90. The maximum absolute atomic E-state index is 11.6. The second-order valence-corrected chi connectivity index (χ2v) is 5.84. The molecule has 2 rings (SSSR count). The Morgan fingerprint density at radius 2 is 2.16 bits per heavy atom. The van der Waals surface area contributed by atoms with Gasteiger partial charge in [-0.2, -0.15) is 0 Å². The first-order valence-electron chi connectivity index (χ1n) is 6.61. The number of aromatic nitrogens is 1. The lowest BCUT2D eigenvalue weighted by atomic mass is 10.1. The summed E-state index contributed by atoms with van der Waals surface area (Å²) in [5, 5.41) is 0. The number of rotatable bonds is 4. The van der Waals surface area contributed by atoms with E-state index in [0.717, 1.165) is 18.5 Å². The summed E-state index contributed by atoms with van der Waals surface area (Å²) in [7, 11) is 0. The van der Waals surface area contributed by atoms with Crippen molar-refractivity contribution < 1.29 is 9.53 Å². The van der Waals surface area contributed by atoms with Crippen LogP contribution >= 0.6 is 0 Å². The monoisotopic (exact) mass is 263 g/mol. The molecule has 1 aliphatic rings. The molecular weight excluding hydrogens is 242 g/mol. The van der Waals surface area contributed by atoms with Gasteiger partial charge in [-0.15, -0.1) is 0 Å². The molecule has 5 nitrogen and oxygen atoms in total. The van der Waals surface area contributed by atoms with Crippen molar-refractivity contribution in [1.82, 2.24) is 15.8 Å². The SMILES string of the molecule is CC(C)(C)OC(=O)NNC(c1ccccn1)C1CC1. The Hall–Kier alpha value is -1.62. The largest absolute Gasteiger partial charge is 0.443 e. The minimum absolute atomic E-state index is 0.0497. The van der Waals surface area contributed by atoms with Crippen LogP contribution in [0, 0.1) is 5.92 Å². The molecule has 1 atom stereocenters. The first-order chi connectivity index (χ1) is 8.96. The molecule has 1 saturated carbocycles. The summed E-state index contributed by atoms with van der Waals surface area (Å²) in [5.41, 5.74) is 6.09. The number of hydrogen-bond acceptors (Lipinski definition) is 4. The first kappa shape index (κ1) is 13.8. The van der Waals surface area contributed by atoms with Gasteiger partial charge in [-0.05, 0) is 51.7 Å². The molecular formula is C14H21N3O2. The smallest absolute Gasteiger partial charge is 0.422 e. The number of pyridine rings is 1. The molecule has 1 amide bonds. The highest BCUT2D eigenvalue weighted by molar-refractivity contribution is 5.67. The maximum atomic E-state index is 11.6. The number of ether oxygens (including phenoxy) is 1. The molecule has 0 aromatic carbocycles. The van der Waals surface area contributed by atoms with E-state index in [1.165, 1.54) is 0 Å². The summed E-state index contributed by atoms with van der Waals surface area (Å²) in [6, 6.07) is 5.85. The Morgan fingerprint density at radius 3 is 2.68 bits per heavy atom. The van der Waals surface area contributed by atoms with Gasteiger partial charge in [-0.3, -0.25) is 10.4 Å². The zero-order valence-corrected chi connectivity index (χ0v) is 11.6. The van der Waals surface area contributed by atoms with Crippen LogP contribution in [0.4, 0.5) is 4.79 Å². The van der Waals surface area contributed by atoms with Crippen molar-refractivity contribution in [2.45, 2.75) is 45.3 Å². The van der Waals surface area contributed by atoms with Crippen molar-refractivity contribution in [1.29, 1.82) is 0 Å². The van der Waals surface area contributed by atoms with Crippen LogP contribution in [0.3, 0.4) is 0 Å². The van der Waals surface area contributed by atoms with E-state index in [9.17, 15) is 4.79 Å². The summed E-state index contributed by atoms with van der Waals surface area (Å²) < 4.78 is 5.19. The van der Waals surface area contributed by atoms with Crippen LogP contribution in [0.1, 0.15) is 45.3 Å². The molecule has 104 valence electrons. The molecule has 1 aliphatic carbocycles. The lowest BCUT2D eigenvalue weighted by molar-refractivity contribution is 0.0484. The molecule has 0 spiro atoms. The van der Waals surface area contributed by atoms with E-state index in [1.807, 2.05) is 39.0 Å². The minimum atomic E-state index is -0.494. The normalized spacial score (nSPS) is 16.8. The van der Waals surface area contributed by atoms with Gasteiger partial charge in [0.1, 0.15) is 5.60 Å². The van der Waals surface area contributed by atoms with E-state index >= 15 is 0 Å². The van der Waals surface area contributed by atoms with Crippen LogP contribution in [0.5, 0.6) is 0 Å². The molecule has 19 heavy (non-hydrogen) atoms. The molecule has 0 saturated heterocycles. The fraction of sp³-hybridized carbons (Fsp3) is 0.571. The van der Waals surface area contributed by atoms with Crippen molar-refractivity contribution >= 4 is 6.09 Å². The van der Waals surface area contributed by atoms with Gasteiger partial charge in [0.15, 0.2) is 0 Å². The molecule has 1 aromatic rings. The van der Waals surface area contributed by atoms with Crippen molar-refractivity contribution in [2.24, 2.45) is 5.92 Å². The number of nitrogens with zero attached hydrogens (tertiary/aromatic N) is 1. The molecule has 1 fully saturated rings. The van der Waals surface area contributed by atoms with Gasteiger partial charge in [-0.25, -0.2) is 10.2 Å². The lowest BCUT2D eigenvalue weighted by Crippen LogP contribution is -2.43. The summed E-state index contributed by atoms with van der Waals surface area (Å²) in [4.78, 5) is 16.0. The Morgan fingerprint density at radius 1 is 1.42 bits per heavy atom. The van der Waals surface area contributed by atoms with Crippen molar-refractivity contribution in [3.05, 3.63) is 30.1 Å². The Labute approximate surface area is 113 Å². The molecule has 1 aromatic heterocycles. The van der Waals surface area contributed by atoms with Gasteiger partial charge in [0, 0.05) is 6.20 Å². The first-order valence-corrected chi connectivity index (χ1v) is 6.61. The van der Waals surface area contributed by atoms with Gasteiger partial charge in [0.05, 0.1) is 11.7 Å². The van der Waals surface area contributed by atoms with Crippen molar-refractivity contribution in [2.75, 3.05) is 0 Å². The van der Waals surface area contributed by atoms with Gasteiger partial charge >= 0.3 is 6.09 Å². The van der Waals surface area contributed by atoms with Crippen molar-refractivity contribution in [3.63, 3.8) is 0 Å². The van der Waals surface area contributed by atoms with Gasteiger partial charge in [-0.1, -0.05) is 6.07 Å². The van der Waals surface area contributed by atoms with Crippen LogP contribution in [0.25, 0.3) is 0 Å². The van der Waals surface area contributed by atoms with E-state index in [4.69, 9.17) is 4.74 Å². The molecule has 5 heteroatoms. The van der Waals surface area contributed by atoms with E-state index in [1.54, 1.807) is 6.20 Å². The maximum Gasteiger partial charge on any atom is 0.422 e. The van der Waals surface area contributed by atoms with Crippen molar-refractivity contribution in [3.8, 4) is 0 Å². The van der Waals surface area contributed by atoms with E-state index in [0.29, 0.717) is 5.92 Å². The third-order valence-corrected chi connectivity index (χ3v) is 2.83. The molecule has 0 aliphatic heterocycles. The van der Waals surface area contributed by atoms with Gasteiger partial charge in [0.2, 0.25) is 0 Å². The van der Waals surface area contributed by atoms with E-state index < -0.39 is 11.7 Å². The molecule has 1 heterocycles. The van der Waals surface area contributed by atoms with Crippen LogP contribution < -0.4 is 10.9 Å². The number of carbonyl (C=O) groups is 1. The van der Waals surface area contributed by atoms with Crippen LogP contribution in [-0.2, 0) is 4.74 Å². The second-order valence-electron chi connectivity index (χ2n) is 5.84. The minimum Gasteiger partial charge on any atom is -0.443 e. The second kappa shape index (κ2) is 5.57. The number of hydrogen-bond donors (Lipinski definition) is 2. The topological polar surface area (TPSA) is 63.2 Å². The molecule has 0 radical (unpaired) electrons. The van der Waals surface area contributed by atoms with E-state index in [-0.39, 0.29) is 6.04 Å². The number of carbonyl (C=O) groups excluding carboxylic acids is 1. The average Bonchev–Trinajstić information content (AvgIpc) is 3.13. The zero-order valence-electron chi connectivity index (χ0n) is 11.6. The van der Waals surface area contributed by atoms with Crippen LogP contribution in [-0.4, -0.2) is 16.7 Å². The fourth-order valence-corrected chi connectivity index (χ4v) is 1.86. The third kappa shape index (κ3) is 4.52. The third-order valence-electron chi connectivity index (χ3n) is 2.83. The van der Waals surface area contributed by atoms with E-state index in [2.05, 4.69) is 15.8 Å². The molecule has 1 unspecified atom stereocenters. The predicted molar refractivity (Wildman–Crippen MR) is 72.2 cm³/mol. The zero-order chi connectivity index (χ0) is 13.9. The summed E-state index contributed by atoms with van der Waals surface area (Å²) in [6.45, 7) is 5.51. The predicted octanol–water partition coefficient (Wildman–Crippen LogP) is 2.56. The Bertz CT molecular complexity index is 424. The number of hydrazine groups is 1. The Kier molecular flexibility index (Phi) is 4.04. The average molecular weight is 263 g/mol. The highest BCUT2D eigenvalue weighted by Gasteiger charge is 2.33. The van der Waals surface area contributed by atoms with Gasteiger partial charge < -0.3 is 4.74 Å². The molecule has 0 bridgehead atoms. The molecule has 2 N–H and O–H groups in total. The highest BCUT2D eigenvalue weighted by atomic mass is 16.6. The highest BCUT2D eigenvalue weighted by Crippen LogP contribution is 2.39. The number of amides is 1. The van der Waals surface area contributed by atoms with Crippen LogP contribution in [0.15, 0.2) is 24.4 Å². The quantitative estimate of drug-likeness (QED) is 0.819.